The maximum Gasteiger partial charge on any atom is 0.488 e. The first-order valence-corrected chi connectivity index (χ1v) is 6.37. The number of hydrogen-bond acceptors (Lipinski definition) is 3. The second-order valence-corrected chi connectivity index (χ2v) is 4.33. The first-order valence-electron chi connectivity index (χ1n) is 6.37. The van der Waals surface area contributed by atoms with Crippen molar-refractivity contribution in [2.45, 2.75) is 39.2 Å². The Morgan fingerprint density at radius 1 is 1.22 bits per heavy atom. The Morgan fingerprint density at radius 3 is 2.67 bits per heavy atom. The van der Waals surface area contributed by atoms with Crippen molar-refractivity contribution in [1.29, 1.82) is 0 Å². The molecule has 0 saturated heterocycles. The molecule has 0 aliphatic carbocycles. The Hall–Kier alpha value is -0.905. The van der Waals surface area contributed by atoms with Gasteiger partial charge in [0.2, 0.25) is 0 Å². The number of unbranched alkanes of at least 4 members (excludes halogenated alkanes) is 3. The van der Waals surface area contributed by atoms with Crippen LogP contribution in [0.3, 0.4) is 0 Å². The van der Waals surface area contributed by atoms with Crippen LogP contribution in [0.1, 0.15) is 38.2 Å². The molecule has 0 heterocycles. The van der Waals surface area contributed by atoms with E-state index in [9.17, 15) is 4.39 Å². The number of halogens is 1. The van der Waals surface area contributed by atoms with E-state index in [-0.39, 0.29) is 12.1 Å². The van der Waals surface area contributed by atoms with Crippen LogP contribution < -0.4 is 5.46 Å². The summed E-state index contributed by atoms with van der Waals surface area (Å²) >= 11 is 0. The molecule has 18 heavy (non-hydrogen) atoms. The van der Waals surface area contributed by atoms with Gasteiger partial charge in [0.15, 0.2) is 0 Å². The maximum atomic E-state index is 13.0. The predicted octanol–water partition coefficient (Wildman–Crippen LogP) is 1.60. The summed E-state index contributed by atoms with van der Waals surface area (Å²) in [5.74, 6) is -0.482. The third-order valence-electron chi connectivity index (χ3n) is 2.79. The highest BCUT2D eigenvalue weighted by molar-refractivity contribution is 6.59. The van der Waals surface area contributed by atoms with Gasteiger partial charge in [-0.2, -0.15) is 0 Å². The van der Waals surface area contributed by atoms with Crippen LogP contribution in [0.5, 0.6) is 0 Å². The van der Waals surface area contributed by atoms with Crippen molar-refractivity contribution in [2.24, 2.45) is 0 Å². The van der Waals surface area contributed by atoms with Gasteiger partial charge < -0.3 is 14.8 Å². The van der Waals surface area contributed by atoms with Gasteiger partial charge in [-0.05, 0) is 29.6 Å². The Bertz CT molecular complexity index is 358. The Labute approximate surface area is 108 Å². The van der Waals surface area contributed by atoms with Gasteiger partial charge in [-0.3, -0.25) is 0 Å². The lowest BCUT2D eigenvalue weighted by atomic mass is 9.77. The molecule has 0 radical (unpaired) electrons. The highest BCUT2D eigenvalue weighted by atomic mass is 19.1. The summed E-state index contributed by atoms with van der Waals surface area (Å²) in [6, 6.07) is 3.94. The molecule has 1 rings (SSSR count). The number of ether oxygens (including phenoxy) is 1. The molecule has 1 aromatic rings. The highest BCUT2D eigenvalue weighted by Gasteiger charge is 2.16. The largest absolute Gasteiger partial charge is 0.488 e. The molecular weight excluding hydrogens is 234 g/mol. The average Bonchev–Trinajstić information content (AvgIpc) is 2.35. The zero-order valence-corrected chi connectivity index (χ0v) is 10.7. The third-order valence-corrected chi connectivity index (χ3v) is 2.79. The van der Waals surface area contributed by atoms with Crippen LogP contribution in [0.2, 0.25) is 0 Å². The maximum absolute atomic E-state index is 13.0. The van der Waals surface area contributed by atoms with Crippen LogP contribution in [0.25, 0.3) is 0 Å². The molecule has 2 N–H and O–H groups in total. The van der Waals surface area contributed by atoms with E-state index in [0.29, 0.717) is 12.2 Å². The lowest BCUT2D eigenvalue weighted by Crippen LogP contribution is -2.33. The summed E-state index contributed by atoms with van der Waals surface area (Å²) in [5.41, 5.74) is 0.783. The van der Waals surface area contributed by atoms with Gasteiger partial charge in [-0.1, -0.05) is 32.3 Å². The van der Waals surface area contributed by atoms with Gasteiger partial charge in [-0.15, -0.1) is 0 Å². The van der Waals surface area contributed by atoms with E-state index >= 15 is 0 Å². The molecule has 0 unspecified atom stereocenters. The van der Waals surface area contributed by atoms with E-state index in [4.69, 9.17) is 14.8 Å². The van der Waals surface area contributed by atoms with Crippen LogP contribution in [0.4, 0.5) is 4.39 Å². The van der Waals surface area contributed by atoms with Gasteiger partial charge in [0, 0.05) is 6.61 Å². The standard InChI is InChI=1S/C13H20BFO3/c1-2-3-4-5-8-18-10-11-6-7-12(15)9-13(11)14(16)17/h6-7,9,16-17H,2-5,8,10H2,1H3. The third kappa shape index (κ3) is 5.17. The van der Waals surface area contributed by atoms with Crippen molar-refractivity contribution >= 4 is 12.6 Å². The van der Waals surface area contributed by atoms with Crippen molar-refractivity contribution in [3.05, 3.63) is 29.6 Å². The van der Waals surface area contributed by atoms with E-state index in [0.717, 1.165) is 18.9 Å². The molecular formula is C13H20BFO3. The van der Waals surface area contributed by atoms with Crippen LogP contribution in [0.15, 0.2) is 18.2 Å². The topological polar surface area (TPSA) is 49.7 Å². The quantitative estimate of drug-likeness (QED) is 0.547. The van der Waals surface area contributed by atoms with Crippen LogP contribution in [-0.4, -0.2) is 23.8 Å². The number of benzene rings is 1. The van der Waals surface area contributed by atoms with Crippen molar-refractivity contribution in [2.75, 3.05) is 6.61 Å². The van der Waals surface area contributed by atoms with E-state index < -0.39 is 12.9 Å². The van der Waals surface area contributed by atoms with E-state index in [2.05, 4.69) is 6.92 Å². The summed E-state index contributed by atoms with van der Waals surface area (Å²) in [6.45, 7) is 3.06. The van der Waals surface area contributed by atoms with Crippen molar-refractivity contribution in [1.82, 2.24) is 0 Å². The van der Waals surface area contributed by atoms with Gasteiger partial charge in [0.25, 0.3) is 0 Å². The summed E-state index contributed by atoms with van der Waals surface area (Å²) in [4.78, 5) is 0. The molecule has 5 heteroatoms. The van der Waals surface area contributed by atoms with Gasteiger partial charge >= 0.3 is 7.12 Å². The van der Waals surface area contributed by atoms with Gasteiger partial charge in [0.1, 0.15) is 5.82 Å². The second kappa shape index (κ2) is 8.24. The van der Waals surface area contributed by atoms with Crippen molar-refractivity contribution in [3.63, 3.8) is 0 Å². The molecule has 0 bridgehead atoms. The first-order chi connectivity index (χ1) is 8.65. The van der Waals surface area contributed by atoms with Crippen molar-refractivity contribution in [3.8, 4) is 0 Å². The smallest absolute Gasteiger partial charge is 0.423 e. The fourth-order valence-electron chi connectivity index (χ4n) is 1.75. The molecule has 1 aromatic carbocycles. The second-order valence-electron chi connectivity index (χ2n) is 4.33. The van der Waals surface area contributed by atoms with Crippen molar-refractivity contribution < 1.29 is 19.2 Å². The van der Waals surface area contributed by atoms with Crippen LogP contribution in [-0.2, 0) is 11.3 Å². The van der Waals surface area contributed by atoms with Crippen LogP contribution >= 0.6 is 0 Å². The number of rotatable bonds is 8. The fraction of sp³-hybridized carbons (Fsp3) is 0.538. The predicted molar refractivity (Wildman–Crippen MR) is 70.0 cm³/mol. The Kier molecular flexibility index (Phi) is 6.94. The molecule has 0 aliphatic rings. The minimum absolute atomic E-state index is 0.170. The Morgan fingerprint density at radius 2 is 2.00 bits per heavy atom. The SMILES string of the molecule is CCCCCCOCc1ccc(F)cc1B(O)O. The molecule has 0 aromatic heterocycles. The highest BCUT2D eigenvalue weighted by Crippen LogP contribution is 2.05. The van der Waals surface area contributed by atoms with Crippen LogP contribution in [0, 0.1) is 5.82 Å². The minimum Gasteiger partial charge on any atom is -0.423 e. The van der Waals surface area contributed by atoms with E-state index in [1.165, 1.54) is 25.0 Å². The monoisotopic (exact) mass is 254 g/mol. The summed E-state index contributed by atoms with van der Waals surface area (Å²) in [7, 11) is -1.67. The van der Waals surface area contributed by atoms with E-state index in [1.54, 1.807) is 0 Å². The summed E-state index contributed by atoms with van der Waals surface area (Å²) in [5, 5.41) is 18.3. The Balaban J connectivity index is 2.42. The normalized spacial score (nSPS) is 10.7. The molecule has 0 aliphatic heterocycles. The zero-order valence-electron chi connectivity index (χ0n) is 10.7. The lowest BCUT2D eigenvalue weighted by molar-refractivity contribution is 0.117. The molecule has 0 spiro atoms. The average molecular weight is 254 g/mol. The summed E-state index contributed by atoms with van der Waals surface area (Å²) < 4.78 is 18.4. The van der Waals surface area contributed by atoms with Gasteiger partial charge in [-0.25, -0.2) is 4.39 Å². The molecule has 0 fully saturated rings. The molecule has 100 valence electrons. The first kappa shape index (κ1) is 15.2. The fourth-order valence-corrected chi connectivity index (χ4v) is 1.75. The van der Waals surface area contributed by atoms with E-state index in [1.807, 2.05) is 0 Å². The lowest BCUT2D eigenvalue weighted by Gasteiger charge is -2.09. The number of hydrogen-bond donors (Lipinski definition) is 2. The molecule has 0 atom stereocenters. The molecule has 3 nitrogen and oxygen atoms in total. The summed E-state index contributed by atoms with van der Waals surface area (Å²) in [6.07, 6.45) is 4.50. The molecule has 0 saturated carbocycles. The van der Waals surface area contributed by atoms with Gasteiger partial charge in [0.05, 0.1) is 6.61 Å². The minimum atomic E-state index is -1.67. The zero-order chi connectivity index (χ0) is 13.4. The molecule has 0 amide bonds.